The van der Waals surface area contributed by atoms with Crippen LogP contribution in [-0.2, 0) is 6.54 Å². The van der Waals surface area contributed by atoms with E-state index in [-0.39, 0.29) is 6.04 Å². The van der Waals surface area contributed by atoms with Gasteiger partial charge in [-0.05, 0) is 49.4 Å². The number of nitrogens with zero attached hydrogens (tertiary/aromatic N) is 4. The van der Waals surface area contributed by atoms with Crippen molar-refractivity contribution in [2.45, 2.75) is 63.3 Å². The Labute approximate surface area is 119 Å². The Kier molecular flexibility index (Phi) is 5.21. The SMILES string of the molecule is CCCNC(C)c1nnnn1CC1(SC)CCCC1. The van der Waals surface area contributed by atoms with E-state index in [1.807, 2.05) is 16.4 Å². The van der Waals surface area contributed by atoms with Gasteiger partial charge in [0.05, 0.1) is 12.6 Å². The zero-order chi connectivity index (χ0) is 13.7. The summed E-state index contributed by atoms with van der Waals surface area (Å²) in [7, 11) is 0. The van der Waals surface area contributed by atoms with Crippen LogP contribution in [0.25, 0.3) is 0 Å². The first-order chi connectivity index (χ1) is 9.21. The summed E-state index contributed by atoms with van der Waals surface area (Å²) in [6.45, 7) is 6.25. The summed E-state index contributed by atoms with van der Waals surface area (Å²) in [6.07, 6.45) is 8.58. The third-order valence-corrected chi connectivity index (χ3v) is 5.44. The van der Waals surface area contributed by atoms with E-state index in [4.69, 9.17) is 0 Å². The highest BCUT2D eigenvalue weighted by atomic mass is 32.2. The number of hydrogen-bond acceptors (Lipinski definition) is 5. The molecule has 0 spiro atoms. The number of nitrogens with one attached hydrogen (secondary N) is 1. The maximum atomic E-state index is 4.21. The van der Waals surface area contributed by atoms with Crippen molar-refractivity contribution in [2.24, 2.45) is 0 Å². The summed E-state index contributed by atoms with van der Waals surface area (Å²) in [5.41, 5.74) is 0. The number of thioether (sulfide) groups is 1. The zero-order valence-corrected chi connectivity index (χ0v) is 13.0. The van der Waals surface area contributed by atoms with Crippen LogP contribution in [0.4, 0.5) is 0 Å². The van der Waals surface area contributed by atoms with Gasteiger partial charge in [-0.25, -0.2) is 4.68 Å². The first-order valence-corrected chi connectivity index (χ1v) is 8.48. The van der Waals surface area contributed by atoms with Crippen LogP contribution in [-0.4, -0.2) is 37.8 Å². The summed E-state index contributed by atoms with van der Waals surface area (Å²) < 4.78 is 2.35. The molecule has 1 saturated carbocycles. The number of tetrazole rings is 1. The minimum Gasteiger partial charge on any atom is -0.307 e. The molecule has 1 aliphatic carbocycles. The lowest BCUT2D eigenvalue weighted by atomic mass is 10.1. The molecule has 0 amide bonds. The molecule has 1 N–H and O–H groups in total. The van der Waals surface area contributed by atoms with Crippen molar-refractivity contribution >= 4 is 11.8 Å². The molecule has 108 valence electrons. The molecule has 1 heterocycles. The van der Waals surface area contributed by atoms with Crippen molar-refractivity contribution in [3.05, 3.63) is 5.82 Å². The molecule has 1 unspecified atom stereocenters. The largest absolute Gasteiger partial charge is 0.307 e. The normalized spacial score (nSPS) is 19.7. The average molecular weight is 283 g/mol. The summed E-state index contributed by atoms with van der Waals surface area (Å²) in [4.78, 5) is 0. The van der Waals surface area contributed by atoms with Crippen LogP contribution < -0.4 is 5.32 Å². The molecule has 1 aromatic rings. The van der Waals surface area contributed by atoms with E-state index in [2.05, 4.69) is 40.9 Å². The second kappa shape index (κ2) is 6.70. The molecular formula is C13H25N5S. The van der Waals surface area contributed by atoms with E-state index in [1.54, 1.807) is 0 Å². The Morgan fingerprint density at radius 1 is 1.42 bits per heavy atom. The molecule has 1 aromatic heterocycles. The first kappa shape index (κ1) is 14.8. The van der Waals surface area contributed by atoms with Crippen molar-refractivity contribution in [3.8, 4) is 0 Å². The fourth-order valence-electron chi connectivity index (χ4n) is 2.81. The lowest BCUT2D eigenvalue weighted by molar-refractivity contribution is 0.425. The van der Waals surface area contributed by atoms with Gasteiger partial charge in [0.1, 0.15) is 0 Å². The molecule has 0 aromatic carbocycles. The van der Waals surface area contributed by atoms with Crippen molar-refractivity contribution in [1.29, 1.82) is 0 Å². The topological polar surface area (TPSA) is 55.6 Å². The summed E-state index contributed by atoms with van der Waals surface area (Å²) in [5.74, 6) is 0.966. The number of hydrogen-bond donors (Lipinski definition) is 1. The van der Waals surface area contributed by atoms with E-state index in [0.717, 1.165) is 25.3 Å². The molecule has 1 aliphatic rings. The molecule has 0 saturated heterocycles. The van der Waals surface area contributed by atoms with Crippen molar-refractivity contribution < 1.29 is 0 Å². The lowest BCUT2D eigenvalue weighted by Crippen LogP contribution is -2.31. The smallest absolute Gasteiger partial charge is 0.167 e. The second-order valence-electron chi connectivity index (χ2n) is 5.46. The van der Waals surface area contributed by atoms with Gasteiger partial charge in [-0.2, -0.15) is 11.8 Å². The number of rotatable bonds is 7. The highest BCUT2D eigenvalue weighted by Crippen LogP contribution is 2.41. The Morgan fingerprint density at radius 2 is 2.16 bits per heavy atom. The van der Waals surface area contributed by atoms with Crippen molar-refractivity contribution in [2.75, 3.05) is 12.8 Å². The molecule has 0 bridgehead atoms. The van der Waals surface area contributed by atoms with E-state index in [1.165, 1.54) is 25.7 Å². The van der Waals surface area contributed by atoms with Gasteiger partial charge in [-0.1, -0.05) is 19.8 Å². The monoisotopic (exact) mass is 283 g/mol. The van der Waals surface area contributed by atoms with Gasteiger partial charge in [-0.15, -0.1) is 5.10 Å². The third kappa shape index (κ3) is 3.48. The molecule has 1 fully saturated rings. The Balaban J connectivity index is 2.06. The van der Waals surface area contributed by atoms with Crippen LogP contribution in [0.2, 0.25) is 0 Å². The van der Waals surface area contributed by atoms with Crippen LogP contribution >= 0.6 is 11.8 Å². The van der Waals surface area contributed by atoms with Crippen molar-refractivity contribution in [1.82, 2.24) is 25.5 Å². The molecular weight excluding hydrogens is 258 g/mol. The highest BCUT2D eigenvalue weighted by Gasteiger charge is 2.34. The van der Waals surface area contributed by atoms with Crippen LogP contribution in [0.1, 0.15) is 57.8 Å². The Bertz CT molecular complexity index is 386. The highest BCUT2D eigenvalue weighted by molar-refractivity contribution is 8.00. The van der Waals surface area contributed by atoms with Gasteiger partial charge in [0.2, 0.25) is 0 Å². The van der Waals surface area contributed by atoms with E-state index < -0.39 is 0 Å². The Morgan fingerprint density at radius 3 is 2.79 bits per heavy atom. The van der Waals surface area contributed by atoms with Gasteiger partial charge in [-0.3, -0.25) is 0 Å². The standard InChI is InChI=1S/C13H25N5S/c1-4-9-14-11(2)12-15-16-17-18(12)10-13(19-3)7-5-6-8-13/h11,14H,4-10H2,1-3H3. The van der Waals surface area contributed by atoms with Gasteiger partial charge >= 0.3 is 0 Å². The van der Waals surface area contributed by atoms with Gasteiger partial charge in [0.25, 0.3) is 0 Å². The lowest BCUT2D eigenvalue weighted by Gasteiger charge is -2.27. The predicted octanol–water partition coefficient (Wildman–Crippen LogP) is 2.41. The fourth-order valence-corrected chi connectivity index (χ4v) is 3.75. The minimum absolute atomic E-state index is 0.218. The maximum absolute atomic E-state index is 4.21. The molecule has 1 atom stereocenters. The van der Waals surface area contributed by atoms with Crippen LogP contribution in [0.3, 0.4) is 0 Å². The minimum atomic E-state index is 0.218. The zero-order valence-electron chi connectivity index (χ0n) is 12.2. The molecule has 0 radical (unpaired) electrons. The predicted molar refractivity (Wildman–Crippen MR) is 79.2 cm³/mol. The van der Waals surface area contributed by atoms with E-state index in [9.17, 15) is 0 Å². The maximum Gasteiger partial charge on any atom is 0.167 e. The molecule has 6 heteroatoms. The first-order valence-electron chi connectivity index (χ1n) is 7.25. The number of aromatic nitrogens is 4. The van der Waals surface area contributed by atoms with E-state index in [0.29, 0.717) is 4.75 Å². The second-order valence-corrected chi connectivity index (χ2v) is 6.74. The average Bonchev–Trinajstić information content (AvgIpc) is 3.06. The fraction of sp³-hybridized carbons (Fsp3) is 0.923. The van der Waals surface area contributed by atoms with Crippen LogP contribution in [0.5, 0.6) is 0 Å². The van der Waals surface area contributed by atoms with Gasteiger partial charge in [0, 0.05) is 4.75 Å². The van der Waals surface area contributed by atoms with Crippen LogP contribution in [0, 0.1) is 0 Å². The summed E-state index contributed by atoms with van der Waals surface area (Å²) in [5, 5.41) is 15.7. The van der Waals surface area contributed by atoms with E-state index >= 15 is 0 Å². The summed E-state index contributed by atoms with van der Waals surface area (Å²) >= 11 is 1.98. The molecule has 19 heavy (non-hydrogen) atoms. The molecule has 5 nitrogen and oxygen atoms in total. The van der Waals surface area contributed by atoms with Gasteiger partial charge in [0.15, 0.2) is 5.82 Å². The molecule has 2 rings (SSSR count). The van der Waals surface area contributed by atoms with Crippen LogP contribution in [0.15, 0.2) is 0 Å². The molecule has 0 aliphatic heterocycles. The third-order valence-electron chi connectivity index (χ3n) is 4.03. The van der Waals surface area contributed by atoms with Gasteiger partial charge < -0.3 is 5.32 Å². The van der Waals surface area contributed by atoms with Crippen molar-refractivity contribution in [3.63, 3.8) is 0 Å². The quantitative estimate of drug-likeness (QED) is 0.833. The summed E-state index contributed by atoms with van der Waals surface area (Å²) in [6, 6.07) is 0.218. The Hall–Kier alpha value is -0.620.